The number of nitrogens with zero attached hydrogens (tertiary/aromatic N) is 4. The van der Waals surface area contributed by atoms with Gasteiger partial charge in [0.25, 0.3) is 0 Å². The predicted octanol–water partition coefficient (Wildman–Crippen LogP) is 2.70. The minimum absolute atomic E-state index is 0.183. The Morgan fingerprint density at radius 1 is 1.09 bits per heavy atom. The van der Waals surface area contributed by atoms with Crippen LogP contribution in [0, 0.1) is 12.8 Å². The van der Waals surface area contributed by atoms with Crippen LogP contribution in [0.4, 0.5) is 0 Å². The average molecular weight is 437 g/mol. The number of hydrogen-bond donors (Lipinski definition) is 2. The highest BCUT2D eigenvalue weighted by Gasteiger charge is 2.63. The zero-order valence-corrected chi connectivity index (χ0v) is 19.2. The summed E-state index contributed by atoms with van der Waals surface area (Å²) in [6.45, 7) is 8.01. The van der Waals surface area contributed by atoms with Crippen LogP contribution in [0.15, 0.2) is 30.6 Å². The van der Waals surface area contributed by atoms with Gasteiger partial charge >= 0.3 is 0 Å². The molecule has 6 heteroatoms. The summed E-state index contributed by atoms with van der Waals surface area (Å²) in [6.07, 6.45) is 10.3. The molecule has 2 aliphatic carbocycles. The Morgan fingerprint density at radius 2 is 1.91 bits per heavy atom. The molecule has 0 spiro atoms. The molecule has 3 heterocycles. The van der Waals surface area contributed by atoms with E-state index in [0.717, 1.165) is 70.9 Å². The molecule has 3 fully saturated rings. The maximum Gasteiger partial charge on any atom is 0.115 e. The quantitative estimate of drug-likeness (QED) is 0.755. The van der Waals surface area contributed by atoms with Gasteiger partial charge in [0.15, 0.2) is 0 Å². The molecule has 2 N–H and O–H groups in total. The third kappa shape index (κ3) is 3.30. The summed E-state index contributed by atoms with van der Waals surface area (Å²) < 4.78 is 2.03. The number of piperidine rings is 1. The zero-order valence-electron chi connectivity index (χ0n) is 19.2. The van der Waals surface area contributed by atoms with Crippen molar-refractivity contribution < 1.29 is 10.2 Å². The van der Waals surface area contributed by atoms with E-state index in [2.05, 4.69) is 34.1 Å². The third-order valence-corrected chi connectivity index (χ3v) is 8.93. The van der Waals surface area contributed by atoms with E-state index in [1.807, 2.05) is 23.0 Å². The molecule has 3 unspecified atom stereocenters. The van der Waals surface area contributed by atoms with Crippen LogP contribution in [-0.2, 0) is 18.4 Å². The van der Waals surface area contributed by atoms with Crippen molar-refractivity contribution in [2.24, 2.45) is 5.92 Å². The van der Waals surface area contributed by atoms with E-state index in [9.17, 15) is 10.2 Å². The van der Waals surface area contributed by atoms with E-state index in [1.165, 1.54) is 29.5 Å². The van der Waals surface area contributed by atoms with E-state index < -0.39 is 5.60 Å². The summed E-state index contributed by atoms with van der Waals surface area (Å²) in [5, 5.41) is 27.3. The number of aromatic nitrogens is 2. The number of phenolic OH excluding ortho intramolecular Hbond substituents is 1. The highest BCUT2D eigenvalue weighted by molar-refractivity contribution is 5.48. The van der Waals surface area contributed by atoms with Crippen molar-refractivity contribution in [1.82, 2.24) is 19.6 Å². The Morgan fingerprint density at radius 3 is 2.69 bits per heavy atom. The predicted molar refractivity (Wildman–Crippen MR) is 124 cm³/mol. The topological polar surface area (TPSA) is 64.8 Å². The molecule has 172 valence electrons. The smallest absolute Gasteiger partial charge is 0.115 e. The molecule has 1 saturated carbocycles. The van der Waals surface area contributed by atoms with Crippen LogP contribution in [0.2, 0.25) is 0 Å². The van der Waals surface area contributed by atoms with Crippen LogP contribution >= 0.6 is 0 Å². The summed E-state index contributed by atoms with van der Waals surface area (Å²) in [5.74, 6) is 1.15. The molecule has 2 aliphatic heterocycles. The lowest BCUT2D eigenvalue weighted by atomic mass is 9.52. The van der Waals surface area contributed by atoms with Crippen molar-refractivity contribution in [3.63, 3.8) is 0 Å². The highest BCUT2D eigenvalue weighted by atomic mass is 16.3. The average Bonchev–Trinajstić information content (AvgIpc) is 3.52. The van der Waals surface area contributed by atoms with E-state index >= 15 is 0 Å². The van der Waals surface area contributed by atoms with Crippen LogP contribution in [0.3, 0.4) is 0 Å². The highest BCUT2D eigenvalue weighted by Crippen LogP contribution is 2.56. The monoisotopic (exact) mass is 436 g/mol. The lowest BCUT2D eigenvalue weighted by molar-refractivity contribution is -0.149. The summed E-state index contributed by atoms with van der Waals surface area (Å²) in [5.41, 5.74) is 2.74. The molecule has 3 atom stereocenters. The van der Waals surface area contributed by atoms with Crippen molar-refractivity contribution in [2.75, 3.05) is 32.7 Å². The van der Waals surface area contributed by atoms with E-state index in [4.69, 9.17) is 0 Å². The minimum Gasteiger partial charge on any atom is -0.508 e. The zero-order chi connectivity index (χ0) is 21.9. The molecule has 0 amide bonds. The van der Waals surface area contributed by atoms with Crippen molar-refractivity contribution >= 4 is 0 Å². The molecular weight excluding hydrogens is 400 g/mol. The van der Waals surface area contributed by atoms with Gasteiger partial charge in [0.2, 0.25) is 0 Å². The Kier molecular flexibility index (Phi) is 4.90. The Labute approximate surface area is 190 Å². The third-order valence-electron chi connectivity index (χ3n) is 8.93. The van der Waals surface area contributed by atoms with Gasteiger partial charge in [-0.3, -0.25) is 9.58 Å². The number of fused-ring (bicyclic) bond motifs is 1. The van der Waals surface area contributed by atoms with Gasteiger partial charge in [0, 0.05) is 37.3 Å². The molecule has 1 aromatic heterocycles. The number of aromatic hydroxyl groups is 1. The van der Waals surface area contributed by atoms with Gasteiger partial charge in [-0.2, -0.15) is 5.10 Å². The second-order valence-corrected chi connectivity index (χ2v) is 10.9. The second-order valence-electron chi connectivity index (χ2n) is 10.9. The summed E-state index contributed by atoms with van der Waals surface area (Å²) in [6, 6.07) is 6.09. The summed E-state index contributed by atoms with van der Waals surface area (Å²) in [7, 11) is 0. The van der Waals surface area contributed by atoms with Gasteiger partial charge < -0.3 is 15.1 Å². The molecule has 2 aromatic rings. The van der Waals surface area contributed by atoms with E-state index in [-0.39, 0.29) is 11.5 Å². The SMILES string of the molecule is Cc1cnn(CCN2CCC34CCN(CC5CC5)C(Cc5ccc(O)cc53)C4(O)CC2)c1. The molecule has 2 bridgehead atoms. The number of phenols is 1. The van der Waals surface area contributed by atoms with Crippen molar-refractivity contribution in [3.8, 4) is 5.75 Å². The molecule has 32 heavy (non-hydrogen) atoms. The first-order chi connectivity index (χ1) is 15.5. The molecule has 0 radical (unpaired) electrons. The molecule has 1 aromatic carbocycles. The van der Waals surface area contributed by atoms with Crippen molar-refractivity contribution in [1.29, 1.82) is 0 Å². The van der Waals surface area contributed by atoms with Gasteiger partial charge in [0.1, 0.15) is 5.75 Å². The van der Waals surface area contributed by atoms with Gasteiger partial charge in [-0.25, -0.2) is 0 Å². The van der Waals surface area contributed by atoms with Gasteiger partial charge in [-0.1, -0.05) is 6.07 Å². The number of hydrogen-bond acceptors (Lipinski definition) is 5. The maximum atomic E-state index is 12.5. The molecule has 2 saturated heterocycles. The molecular formula is C26H36N4O2. The summed E-state index contributed by atoms with van der Waals surface area (Å²) in [4.78, 5) is 5.14. The van der Waals surface area contributed by atoms with Crippen LogP contribution in [0.25, 0.3) is 0 Å². The number of benzene rings is 1. The number of aryl methyl sites for hydroxylation is 1. The van der Waals surface area contributed by atoms with E-state index in [1.54, 1.807) is 0 Å². The number of likely N-dealkylation sites (tertiary alicyclic amines) is 2. The minimum atomic E-state index is -0.738. The number of rotatable bonds is 5. The van der Waals surface area contributed by atoms with E-state index in [0.29, 0.717) is 5.75 Å². The van der Waals surface area contributed by atoms with Crippen LogP contribution in [0.5, 0.6) is 5.75 Å². The molecule has 6 nitrogen and oxygen atoms in total. The van der Waals surface area contributed by atoms with Crippen LogP contribution in [0.1, 0.15) is 48.8 Å². The fourth-order valence-corrected chi connectivity index (χ4v) is 6.97. The van der Waals surface area contributed by atoms with Gasteiger partial charge in [-0.15, -0.1) is 0 Å². The largest absolute Gasteiger partial charge is 0.508 e. The Bertz CT molecular complexity index is 1000. The van der Waals surface area contributed by atoms with Crippen LogP contribution < -0.4 is 0 Å². The van der Waals surface area contributed by atoms with Crippen molar-refractivity contribution in [3.05, 3.63) is 47.3 Å². The standard InChI is InChI=1S/C26H36N4O2/c1-19-16-27-30(17-19)13-12-28-9-6-25-7-11-29(18-20-2-3-20)24(26(25,32)8-10-28)14-21-4-5-22(31)15-23(21)25/h4-5,15-17,20,24,31-32H,2-3,6-14,18H2,1H3. The molecule has 6 rings (SSSR count). The lowest BCUT2D eigenvalue weighted by Gasteiger charge is -2.61. The fourth-order valence-electron chi connectivity index (χ4n) is 6.97. The van der Waals surface area contributed by atoms with Crippen molar-refractivity contribution in [2.45, 2.75) is 69.1 Å². The molecule has 4 aliphatic rings. The first-order valence-electron chi connectivity index (χ1n) is 12.5. The Balaban J connectivity index is 1.31. The first kappa shape index (κ1) is 20.7. The van der Waals surface area contributed by atoms with Gasteiger partial charge in [0.05, 0.1) is 18.3 Å². The summed E-state index contributed by atoms with van der Waals surface area (Å²) >= 11 is 0. The van der Waals surface area contributed by atoms with Crippen LogP contribution in [-0.4, -0.2) is 74.2 Å². The lowest BCUT2D eigenvalue weighted by Crippen LogP contribution is -2.71. The second kappa shape index (κ2) is 7.57. The van der Waals surface area contributed by atoms with Gasteiger partial charge in [-0.05, 0) is 93.3 Å². The normalized spacial score (nSPS) is 32.9. The first-order valence-corrected chi connectivity index (χ1v) is 12.5. The Hall–Kier alpha value is -1.89. The maximum absolute atomic E-state index is 12.5. The number of aliphatic hydroxyl groups is 1. The fraction of sp³-hybridized carbons (Fsp3) is 0.654.